The second-order valence-corrected chi connectivity index (χ2v) is 9.70. The Kier molecular flexibility index (Phi) is 5.72. The SMILES string of the molecule is Cc1cc(S(=O)(=O)N2CCN(Cc3ccccc3)CC2)ccc1N1CCCC1=O. The minimum absolute atomic E-state index is 0.109. The zero-order chi connectivity index (χ0) is 20.4. The summed E-state index contributed by atoms with van der Waals surface area (Å²) in [6, 6.07) is 15.4. The zero-order valence-corrected chi connectivity index (χ0v) is 17.6. The Bertz CT molecular complexity index is 984. The van der Waals surface area contributed by atoms with Crippen molar-refractivity contribution in [1.29, 1.82) is 0 Å². The van der Waals surface area contributed by atoms with E-state index in [1.54, 1.807) is 27.4 Å². The van der Waals surface area contributed by atoms with Crippen molar-refractivity contribution in [2.45, 2.75) is 31.2 Å². The van der Waals surface area contributed by atoms with Crippen LogP contribution in [0.5, 0.6) is 0 Å². The molecule has 0 N–H and O–H groups in total. The fraction of sp³-hybridized carbons (Fsp3) is 0.409. The molecular weight excluding hydrogens is 386 g/mol. The van der Waals surface area contributed by atoms with Gasteiger partial charge in [0, 0.05) is 51.4 Å². The number of carbonyl (C=O) groups excluding carboxylic acids is 1. The van der Waals surface area contributed by atoms with E-state index >= 15 is 0 Å². The monoisotopic (exact) mass is 413 g/mol. The smallest absolute Gasteiger partial charge is 0.243 e. The van der Waals surface area contributed by atoms with Crippen LogP contribution >= 0.6 is 0 Å². The second-order valence-electron chi connectivity index (χ2n) is 7.76. The third-order valence-corrected chi connectivity index (χ3v) is 7.65. The van der Waals surface area contributed by atoms with Crippen molar-refractivity contribution < 1.29 is 13.2 Å². The van der Waals surface area contributed by atoms with Crippen molar-refractivity contribution in [3.05, 3.63) is 59.7 Å². The minimum atomic E-state index is -3.53. The van der Waals surface area contributed by atoms with Gasteiger partial charge in [0.15, 0.2) is 0 Å². The van der Waals surface area contributed by atoms with Crippen molar-refractivity contribution in [2.75, 3.05) is 37.6 Å². The summed E-state index contributed by atoms with van der Waals surface area (Å²) in [5.41, 5.74) is 2.88. The summed E-state index contributed by atoms with van der Waals surface area (Å²) in [7, 11) is -3.53. The van der Waals surface area contributed by atoms with Crippen LogP contribution in [-0.2, 0) is 21.4 Å². The largest absolute Gasteiger partial charge is 0.312 e. The Balaban J connectivity index is 1.44. The Morgan fingerprint density at radius 1 is 0.931 bits per heavy atom. The van der Waals surface area contributed by atoms with E-state index in [2.05, 4.69) is 17.0 Å². The van der Waals surface area contributed by atoms with Gasteiger partial charge in [-0.2, -0.15) is 4.31 Å². The maximum absolute atomic E-state index is 13.1. The molecule has 2 heterocycles. The number of hydrogen-bond donors (Lipinski definition) is 0. The summed E-state index contributed by atoms with van der Waals surface area (Å²) >= 11 is 0. The van der Waals surface area contributed by atoms with Gasteiger partial charge in [-0.25, -0.2) is 8.42 Å². The van der Waals surface area contributed by atoms with Crippen LogP contribution < -0.4 is 4.90 Å². The molecule has 29 heavy (non-hydrogen) atoms. The van der Waals surface area contributed by atoms with Gasteiger partial charge in [0.2, 0.25) is 15.9 Å². The maximum atomic E-state index is 13.1. The number of nitrogens with zero attached hydrogens (tertiary/aromatic N) is 3. The first kappa shape index (κ1) is 20.1. The van der Waals surface area contributed by atoms with Gasteiger partial charge in [0.1, 0.15) is 0 Å². The molecule has 2 aromatic rings. The molecule has 0 aliphatic carbocycles. The van der Waals surface area contributed by atoms with Crippen molar-refractivity contribution >= 4 is 21.6 Å². The maximum Gasteiger partial charge on any atom is 0.243 e. The number of piperazine rings is 1. The molecule has 1 amide bonds. The van der Waals surface area contributed by atoms with Crippen LogP contribution in [-0.4, -0.2) is 56.3 Å². The number of sulfonamides is 1. The molecule has 154 valence electrons. The number of carbonyl (C=O) groups is 1. The highest BCUT2D eigenvalue weighted by Crippen LogP contribution is 2.28. The van der Waals surface area contributed by atoms with Crippen LogP contribution in [0, 0.1) is 6.92 Å². The van der Waals surface area contributed by atoms with Gasteiger partial charge in [0.05, 0.1) is 4.90 Å². The van der Waals surface area contributed by atoms with Crippen molar-refractivity contribution in [1.82, 2.24) is 9.21 Å². The van der Waals surface area contributed by atoms with Crippen LogP contribution in [0.1, 0.15) is 24.0 Å². The molecule has 0 spiro atoms. The van der Waals surface area contributed by atoms with E-state index < -0.39 is 10.0 Å². The minimum Gasteiger partial charge on any atom is -0.312 e. The van der Waals surface area contributed by atoms with Crippen LogP contribution in [0.15, 0.2) is 53.4 Å². The molecular formula is C22H27N3O3S. The molecule has 2 aliphatic heterocycles. The summed E-state index contributed by atoms with van der Waals surface area (Å²) in [4.78, 5) is 16.4. The fourth-order valence-corrected chi connectivity index (χ4v) is 5.62. The Labute approximate surface area is 172 Å². The van der Waals surface area contributed by atoms with Gasteiger partial charge in [-0.05, 0) is 42.7 Å². The van der Waals surface area contributed by atoms with Crippen molar-refractivity contribution in [2.24, 2.45) is 0 Å². The molecule has 0 atom stereocenters. The molecule has 7 heteroatoms. The quantitative estimate of drug-likeness (QED) is 0.756. The Morgan fingerprint density at radius 3 is 2.28 bits per heavy atom. The Hall–Kier alpha value is -2.22. The lowest BCUT2D eigenvalue weighted by atomic mass is 10.2. The van der Waals surface area contributed by atoms with Gasteiger partial charge in [-0.15, -0.1) is 0 Å². The summed E-state index contributed by atoms with van der Waals surface area (Å²) in [5.74, 6) is 0.109. The molecule has 4 rings (SSSR count). The Morgan fingerprint density at radius 2 is 1.66 bits per heavy atom. The average Bonchev–Trinajstić information content (AvgIpc) is 3.15. The average molecular weight is 414 g/mol. The normalized spacial score (nSPS) is 19.1. The highest BCUT2D eigenvalue weighted by molar-refractivity contribution is 7.89. The van der Waals surface area contributed by atoms with Gasteiger partial charge in [-0.1, -0.05) is 30.3 Å². The first-order valence-electron chi connectivity index (χ1n) is 10.1. The third kappa shape index (κ3) is 4.22. The van der Waals surface area contributed by atoms with E-state index in [1.807, 2.05) is 25.1 Å². The van der Waals surface area contributed by atoms with Crippen LogP contribution in [0.4, 0.5) is 5.69 Å². The van der Waals surface area contributed by atoms with Gasteiger partial charge in [0.25, 0.3) is 0 Å². The number of rotatable bonds is 5. The molecule has 0 radical (unpaired) electrons. The number of anilines is 1. The predicted octanol–water partition coefficient (Wildman–Crippen LogP) is 2.63. The number of benzene rings is 2. The van der Waals surface area contributed by atoms with Crippen molar-refractivity contribution in [3.63, 3.8) is 0 Å². The molecule has 2 aliphatic rings. The molecule has 0 bridgehead atoms. The van der Waals surface area contributed by atoms with Crippen LogP contribution in [0.3, 0.4) is 0 Å². The summed E-state index contributed by atoms with van der Waals surface area (Å²) in [6.45, 7) is 5.82. The summed E-state index contributed by atoms with van der Waals surface area (Å²) in [6.07, 6.45) is 1.42. The van der Waals surface area contributed by atoms with Crippen LogP contribution in [0.25, 0.3) is 0 Å². The standard InChI is InChI=1S/C22H27N3O3S/c1-18-16-20(9-10-21(18)25-11-5-8-22(25)26)29(27,28)24-14-12-23(13-15-24)17-19-6-3-2-4-7-19/h2-4,6-7,9-10,16H,5,8,11-15,17H2,1H3. The van der Waals surface area contributed by atoms with Gasteiger partial charge < -0.3 is 4.90 Å². The lowest BCUT2D eigenvalue weighted by molar-refractivity contribution is -0.117. The highest BCUT2D eigenvalue weighted by atomic mass is 32.2. The van der Waals surface area contributed by atoms with E-state index in [9.17, 15) is 13.2 Å². The third-order valence-electron chi connectivity index (χ3n) is 5.75. The predicted molar refractivity (Wildman–Crippen MR) is 113 cm³/mol. The van der Waals surface area contributed by atoms with E-state index in [-0.39, 0.29) is 5.91 Å². The lowest BCUT2D eigenvalue weighted by Crippen LogP contribution is -2.48. The fourth-order valence-electron chi connectivity index (χ4n) is 4.11. The lowest BCUT2D eigenvalue weighted by Gasteiger charge is -2.34. The second kappa shape index (κ2) is 8.26. The topological polar surface area (TPSA) is 60.9 Å². The molecule has 2 saturated heterocycles. The molecule has 2 aromatic carbocycles. The summed E-state index contributed by atoms with van der Waals surface area (Å²) in [5, 5.41) is 0. The number of hydrogen-bond acceptors (Lipinski definition) is 4. The first-order chi connectivity index (χ1) is 13.9. The van der Waals surface area contributed by atoms with E-state index in [0.717, 1.165) is 24.2 Å². The number of aryl methyl sites for hydroxylation is 1. The van der Waals surface area contributed by atoms with E-state index in [1.165, 1.54) is 5.56 Å². The molecule has 6 nitrogen and oxygen atoms in total. The molecule has 0 unspecified atom stereocenters. The van der Waals surface area contributed by atoms with E-state index in [0.29, 0.717) is 44.0 Å². The van der Waals surface area contributed by atoms with Crippen molar-refractivity contribution in [3.8, 4) is 0 Å². The van der Waals surface area contributed by atoms with Gasteiger partial charge in [-0.3, -0.25) is 9.69 Å². The molecule has 2 fully saturated rings. The highest BCUT2D eigenvalue weighted by Gasteiger charge is 2.30. The van der Waals surface area contributed by atoms with Gasteiger partial charge >= 0.3 is 0 Å². The summed E-state index contributed by atoms with van der Waals surface area (Å²) < 4.78 is 27.8. The molecule has 0 aromatic heterocycles. The first-order valence-corrected chi connectivity index (χ1v) is 11.6. The van der Waals surface area contributed by atoms with Crippen LogP contribution in [0.2, 0.25) is 0 Å². The zero-order valence-electron chi connectivity index (χ0n) is 16.8. The number of amides is 1. The van der Waals surface area contributed by atoms with E-state index in [4.69, 9.17) is 0 Å². The molecule has 0 saturated carbocycles.